The number of aromatic carboxylic acids is 1. The molecule has 0 bridgehead atoms. The summed E-state index contributed by atoms with van der Waals surface area (Å²) in [6, 6.07) is 16.3. The quantitative estimate of drug-likeness (QED) is 0.796. The number of carbonyl (C=O) groups excluding carboxylic acids is 1. The Morgan fingerprint density at radius 1 is 0.913 bits per heavy atom. The maximum atomic E-state index is 12.3. The van der Waals surface area contributed by atoms with Crippen molar-refractivity contribution in [1.82, 2.24) is 4.90 Å². The highest BCUT2D eigenvalue weighted by Gasteiger charge is 2.12. The Hall–Kier alpha value is -2.62. The summed E-state index contributed by atoms with van der Waals surface area (Å²) in [4.78, 5) is 24.8. The number of unbranched alkanes of at least 4 members (excludes halogenated alkanes) is 1. The molecule has 4 nitrogen and oxygen atoms in total. The predicted molar refractivity (Wildman–Crippen MR) is 89.7 cm³/mol. The van der Waals surface area contributed by atoms with Gasteiger partial charge in [0.15, 0.2) is 0 Å². The third-order valence-electron chi connectivity index (χ3n) is 3.78. The molecule has 0 radical (unpaired) electrons. The van der Waals surface area contributed by atoms with E-state index in [1.165, 1.54) is 17.7 Å². The molecule has 0 aliphatic heterocycles. The molecule has 0 aromatic heterocycles. The lowest BCUT2D eigenvalue weighted by molar-refractivity contribution is 0.0695. The van der Waals surface area contributed by atoms with E-state index in [1.54, 1.807) is 24.1 Å². The molecule has 1 N–H and O–H groups in total. The molecule has 4 heteroatoms. The summed E-state index contributed by atoms with van der Waals surface area (Å²) in [5.41, 5.74) is 2.01. The maximum absolute atomic E-state index is 12.3. The monoisotopic (exact) mass is 311 g/mol. The Morgan fingerprint density at radius 2 is 1.52 bits per heavy atom. The van der Waals surface area contributed by atoms with Crippen molar-refractivity contribution in [2.75, 3.05) is 13.6 Å². The molecule has 2 aromatic carbocycles. The highest BCUT2D eigenvalue weighted by Crippen LogP contribution is 2.09. The molecule has 23 heavy (non-hydrogen) atoms. The van der Waals surface area contributed by atoms with Gasteiger partial charge in [0.2, 0.25) is 0 Å². The van der Waals surface area contributed by atoms with Crippen molar-refractivity contribution < 1.29 is 14.7 Å². The van der Waals surface area contributed by atoms with Crippen LogP contribution in [0.25, 0.3) is 0 Å². The van der Waals surface area contributed by atoms with Crippen LogP contribution in [0.15, 0.2) is 54.6 Å². The van der Waals surface area contributed by atoms with Crippen molar-refractivity contribution in [3.63, 3.8) is 0 Å². The summed E-state index contributed by atoms with van der Waals surface area (Å²) in [7, 11) is 1.77. The van der Waals surface area contributed by atoms with Crippen LogP contribution in [0.3, 0.4) is 0 Å². The molecule has 0 saturated carbocycles. The minimum absolute atomic E-state index is 0.0818. The number of carbonyl (C=O) groups is 2. The second kappa shape index (κ2) is 8.13. The molecule has 0 unspecified atom stereocenters. The number of hydrogen-bond acceptors (Lipinski definition) is 2. The molecule has 0 fully saturated rings. The lowest BCUT2D eigenvalue weighted by Gasteiger charge is -2.17. The highest BCUT2D eigenvalue weighted by molar-refractivity contribution is 5.95. The average Bonchev–Trinajstić information content (AvgIpc) is 2.59. The molecular formula is C19H21NO3. The number of carboxylic acids is 1. The Kier molecular flexibility index (Phi) is 5.92. The van der Waals surface area contributed by atoms with Gasteiger partial charge in [-0.25, -0.2) is 4.79 Å². The van der Waals surface area contributed by atoms with Crippen molar-refractivity contribution in [2.24, 2.45) is 0 Å². The fourth-order valence-electron chi connectivity index (χ4n) is 2.40. The fourth-order valence-corrected chi connectivity index (χ4v) is 2.40. The predicted octanol–water partition coefficient (Wildman–Crippen LogP) is 3.48. The van der Waals surface area contributed by atoms with Gasteiger partial charge in [-0.3, -0.25) is 4.79 Å². The van der Waals surface area contributed by atoms with E-state index < -0.39 is 5.97 Å². The average molecular weight is 311 g/mol. The topological polar surface area (TPSA) is 57.6 Å². The lowest BCUT2D eigenvalue weighted by atomic mass is 10.1. The minimum atomic E-state index is -0.988. The molecule has 0 aliphatic rings. The van der Waals surface area contributed by atoms with Crippen LogP contribution in [0, 0.1) is 0 Å². The molecule has 2 rings (SSSR count). The highest BCUT2D eigenvalue weighted by atomic mass is 16.4. The van der Waals surface area contributed by atoms with Crippen LogP contribution in [-0.2, 0) is 6.42 Å². The summed E-state index contributed by atoms with van der Waals surface area (Å²) >= 11 is 0. The van der Waals surface area contributed by atoms with Gasteiger partial charge in [-0.15, -0.1) is 0 Å². The Balaban J connectivity index is 1.79. The van der Waals surface area contributed by atoms with Crippen LogP contribution in [-0.4, -0.2) is 35.5 Å². The SMILES string of the molecule is CN(CCCCc1ccccc1)C(=O)c1ccc(C(=O)O)cc1. The van der Waals surface area contributed by atoms with Gasteiger partial charge in [-0.1, -0.05) is 30.3 Å². The fraction of sp³-hybridized carbons (Fsp3) is 0.263. The van der Waals surface area contributed by atoms with Crippen LogP contribution in [0.4, 0.5) is 0 Å². The third kappa shape index (κ3) is 4.95. The number of rotatable bonds is 7. The van der Waals surface area contributed by atoms with Gasteiger partial charge in [0.1, 0.15) is 0 Å². The van der Waals surface area contributed by atoms with Crippen LogP contribution >= 0.6 is 0 Å². The molecule has 2 aromatic rings. The van der Waals surface area contributed by atoms with Crippen LogP contribution in [0.1, 0.15) is 39.1 Å². The van der Waals surface area contributed by atoms with Gasteiger partial charge < -0.3 is 10.0 Å². The van der Waals surface area contributed by atoms with Crippen molar-refractivity contribution in [3.05, 3.63) is 71.3 Å². The molecule has 1 amide bonds. The number of hydrogen-bond donors (Lipinski definition) is 1. The maximum Gasteiger partial charge on any atom is 0.335 e. The van der Waals surface area contributed by atoms with Crippen LogP contribution < -0.4 is 0 Å². The van der Waals surface area contributed by atoms with E-state index >= 15 is 0 Å². The first kappa shape index (κ1) is 16.7. The summed E-state index contributed by atoms with van der Waals surface area (Å²) in [6.45, 7) is 0.687. The first-order chi connectivity index (χ1) is 11.1. The van der Waals surface area contributed by atoms with Gasteiger partial charge in [0.05, 0.1) is 5.56 Å². The summed E-state index contributed by atoms with van der Waals surface area (Å²) < 4.78 is 0. The first-order valence-corrected chi connectivity index (χ1v) is 7.70. The number of benzene rings is 2. The third-order valence-corrected chi connectivity index (χ3v) is 3.78. The minimum Gasteiger partial charge on any atom is -0.478 e. The zero-order chi connectivity index (χ0) is 16.7. The van der Waals surface area contributed by atoms with Crippen LogP contribution in [0.2, 0.25) is 0 Å². The second-order valence-electron chi connectivity index (χ2n) is 5.55. The Bertz CT molecular complexity index is 650. The molecule has 120 valence electrons. The van der Waals surface area contributed by atoms with Gasteiger partial charge in [0, 0.05) is 19.2 Å². The zero-order valence-electron chi connectivity index (χ0n) is 13.2. The normalized spacial score (nSPS) is 10.3. The molecule has 0 spiro atoms. The van der Waals surface area contributed by atoms with Crippen molar-refractivity contribution in [2.45, 2.75) is 19.3 Å². The van der Waals surface area contributed by atoms with E-state index in [1.807, 2.05) is 18.2 Å². The van der Waals surface area contributed by atoms with E-state index in [-0.39, 0.29) is 11.5 Å². The molecule has 0 heterocycles. The second-order valence-corrected chi connectivity index (χ2v) is 5.55. The number of carboxylic acid groups (broad SMARTS) is 1. The molecular weight excluding hydrogens is 290 g/mol. The molecule has 0 saturated heterocycles. The molecule has 0 atom stereocenters. The Morgan fingerprint density at radius 3 is 2.13 bits per heavy atom. The van der Waals surface area contributed by atoms with Crippen molar-refractivity contribution >= 4 is 11.9 Å². The molecule has 0 aliphatic carbocycles. The summed E-state index contributed by atoms with van der Waals surface area (Å²) in [6.07, 6.45) is 2.97. The zero-order valence-corrected chi connectivity index (χ0v) is 13.2. The lowest BCUT2D eigenvalue weighted by Crippen LogP contribution is -2.27. The summed E-state index contributed by atoms with van der Waals surface area (Å²) in [5, 5.41) is 8.87. The van der Waals surface area contributed by atoms with Gasteiger partial charge >= 0.3 is 5.97 Å². The van der Waals surface area contributed by atoms with Crippen LogP contribution in [0.5, 0.6) is 0 Å². The van der Waals surface area contributed by atoms with E-state index in [9.17, 15) is 9.59 Å². The largest absolute Gasteiger partial charge is 0.478 e. The number of amides is 1. The van der Waals surface area contributed by atoms with E-state index in [2.05, 4.69) is 12.1 Å². The Labute approximate surface area is 136 Å². The van der Waals surface area contributed by atoms with E-state index in [0.29, 0.717) is 12.1 Å². The van der Waals surface area contributed by atoms with Crippen molar-refractivity contribution in [3.8, 4) is 0 Å². The van der Waals surface area contributed by atoms with Gasteiger partial charge in [-0.05, 0) is 49.1 Å². The van der Waals surface area contributed by atoms with Gasteiger partial charge in [-0.2, -0.15) is 0 Å². The first-order valence-electron chi connectivity index (χ1n) is 7.70. The van der Waals surface area contributed by atoms with Gasteiger partial charge in [0.25, 0.3) is 5.91 Å². The summed E-state index contributed by atoms with van der Waals surface area (Å²) in [5.74, 6) is -1.07. The number of nitrogens with zero attached hydrogens (tertiary/aromatic N) is 1. The van der Waals surface area contributed by atoms with E-state index in [4.69, 9.17) is 5.11 Å². The van der Waals surface area contributed by atoms with E-state index in [0.717, 1.165) is 19.3 Å². The standard InChI is InChI=1S/C19H21NO3/c1-20(14-6-5-9-15-7-3-2-4-8-15)18(21)16-10-12-17(13-11-16)19(22)23/h2-4,7-8,10-13H,5-6,9,14H2,1H3,(H,22,23). The number of aryl methyl sites for hydroxylation is 1. The van der Waals surface area contributed by atoms with Crippen molar-refractivity contribution in [1.29, 1.82) is 0 Å². The smallest absolute Gasteiger partial charge is 0.335 e.